The number of aliphatic hydroxyl groups excluding tert-OH is 17. The number of esters is 2. The molecule has 11 aliphatic rings. The first-order valence-corrected chi connectivity index (χ1v) is 38.0. The zero-order chi connectivity index (χ0) is 80.1. The summed E-state index contributed by atoms with van der Waals surface area (Å²) in [5, 5.41) is 200. The number of hydrogen-bond acceptors (Lipinski definition) is 34. The minimum absolute atomic E-state index is 0.0281. The van der Waals surface area contributed by atoms with Crippen molar-refractivity contribution < 1.29 is 173 Å². The molecule has 0 radical (unpaired) electrons. The fourth-order valence-electron chi connectivity index (χ4n) is 20.4. The zero-order valence-electron chi connectivity index (χ0n) is 62.9. The second kappa shape index (κ2) is 32.7. The van der Waals surface area contributed by atoms with Crippen LogP contribution in [0.4, 0.5) is 0 Å². The number of carbonyl (C=O) groups is 3. The Kier molecular flexibility index (Phi) is 25.3. The number of rotatable bonds is 20. The Labute approximate surface area is 635 Å². The number of benzene rings is 1. The molecule has 0 bridgehead atoms. The van der Waals surface area contributed by atoms with Crippen LogP contribution >= 0.6 is 0 Å². The van der Waals surface area contributed by atoms with Crippen molar-refractivity contribution in [1.82, 2.24) is 0 Å². The molecule has 18 N–H and O–H groups in total. The molecule has 1 aromatic rings. The number of methoxy groups -OCH3 is 1. The van der Waals surface area contributed by atoms with Gasteiger partial charge in [-0.25, -0.2) is 4.79 Å². The highest BCUT2D eigenvalue weighted by molar-refractivity contribution is 5.87. The van der Waals surface area contributed by atoms with E-state index in [1.807, 2.05) is 13.0 Å². The van der Waals surface area contributed by atoms with E-state index in [-0.39, 0.29) is 38.5 Å². The molecular weight excluding hydrogens is 1460 g/mol. The van der Waals surface area contributed by atoms with Gasteiger partial charge in [-0.2, -0.15) is 0 Å². The molecule has 0 amide bonds. The summed E-state index contributed by atoms with van der Waals surface area (Å²) in [6.45, 7) is 11.2. The lowest BCUT2D eigenvalue weighted by Gasteiger charge is -2.71. The molecule has 35 heteroatoms. The number of fused-ring (bicyclic) bond motifs is 7. The van der Waals surface area contributed by atoms with Crippen molar-refractivity contribution in [2.75, 3.05) is 33.5 Å². The molecule has 1 aromatic carbocycles. The normalized spacial score (nSPS) is 50.2. The number of aliphatic hydroxyl groups is 17. The fraction of sp³-hybridized carbons (Fsp3) is 0.827. The van der Waals surface area contributed by atoms with Gasteiger partial charge in [0.1, 0.15) is 122 Å². The van der Waals surface area contributed by atoms with Gasteiger partial charge in [0.05, 0.1) is 68.8 Å². The smallest absolute Gasteiger partial charge is 0.331 e. The van der Waals surface area contributed by atoms with Crippen LogP contribution in [0.2, 0.25) is 0 Å². The minimum Gasteiger partial charge on any atom is -0.497 e. The van der Waals surface area contributed by atoms with Gasteiger partial charge in [0.15, 0.2) is 43.7 Å². The number of allylic oxidation sites excluding steroid dienone is 1. The van der Waals surface area contributed by atoms with Crippen molar-refractivity contribution in [2.24, 2.45) is 50.2 Å². The molecule has 12 rings (SSSR count). The lowest BCUT2D eigenvalue weighted by atomic mass is 9.33. The van der Waals surface area contributed by atoms with Crippen LogP contribution in [0.1, 0.15) is 119 Å². The molecule has 0 aromatic heterocycles. The topological polar surface area (TPSA) is 545 Å². The average molecular weight is 1570 g/mol. The van der Waals surface area contributed by atoms with Crippen LogP contribution in [0.15, 0.2) is 42.0 Å². The van der Waals surface area contributed by atoms with Gasteiger partial charge in [0.25, 0.3) is 0 Å². The maximum absolute atomic E-state index is 16.4. The van der Waals surface area contributed by atoms with Gasteiger partial charge >= 0.3 is 17.9 Å². The number of carboxylic acids is 1. The van der Waals surface area contributed by atoms with E-state index in [0.717, 1.165) is 11.6 Å². The van der Waals surface area contributed by atoms with Crippen molar-refractivity contribution in [2.45, 2.75) is 304 Å². The summed E-state index contributed by atoms with van der Waals surface area (Å²) >= 11 is 0. The van der Waals surface area contributed by atoms with Gasteiger partial charge in [0, 0.05) is 11.5 Å². The van der Waals surface area contributed by atoms with Crippen LogP contribution < -0.4 is 4.74 Å². The van der Waals surface area contributed by atoms with Crippen molar-refractivity contribution in [1.29, 1.82) is 0 Å². The van der Waals surface area contributed by atoms with Crippen molar-refractivity contribution in [3.63, 3.8) is 0 Å². The third-order valence-electron chi connectivity index (χ3n) is 26.9. The van der Waals surface area contributed by atoms with Gasteiger partial charge in [-0.15, -0.1) is 0 Å². The van der Waals surface area contributed by atoms with E-state index in [4.69, 9.17) is 66.3 Å². The molecule has 0 spiro atoms. The molecule has 5 aliphatic carbocycles. The maximum Gasteiger partial charge on any atom is 0.331 e. The first-order chi connectivity index (χ1) is 51.8. The molecule has 6 aliphatic heterocycles. The highest BCUT2D eigenvalue weighted by Crippen LogP contribution is 2.76. The van der Waals surface area contributed by atoms with Crippen molar-refractivity contribution >= 4 is 24.0 Å². The van der Waals surface area contributed by atoms with Crippen molar-refractivity contribution in [3.8, 4) is 5.75 Å². The predicted molar refractivity (Wildman–Crippen MR) is 368 cm³/mol. The second-order valence-corrected chi connectivity index (χ2v) is 33.7. The summed E-state index contributed by atoms with van der Waals surface area (Å²) in [5.74, 6) is -4.46. The molecule has 110 heavy (non-hydrogen) atoms. The van der Waals surface area contributed by atoms with Crippen LogP contribution in [0.25, 0.3) is 6.08 Å². The molecule has 6 saturated heterocycles. The lowest BCUT2D eigenvalue weighted by Crippen LogP contribution is -2.71. The van der Waals surface area contributed by atoms with E-state index in [1.54, 1.807) is 24.3 Å². The quantitative estimate of drug-likeness (QED) is 0.0262. The van der Waals surface area contributed by atoms with E-state index in [0.29, 0.717) is 30.6 Å². The SMILES string of the molecule is COc1ccc(/C=C/C(=O)O[C@@H]2[C@H](O[C@@H]3O[C@@H](C)[C@H](O)[C@@H](O)[C@H]3O)[C@@H](O[C@@H]3O[C@@H](C)[C@H](O[C@@H]4OC[C@@H](O[C@@H]5O[C@H](CO)[C@H](O)[C@H](O)[C@H]5O)[C@H](O)[C@H]4O)[C@@H](O)[C@H]3O)[C@H](OC(=O)[C@]34CCC(C)(C)C[C@H]3C3=CC[C@@H]5[C@@]6(C)C[C@H](O)[C@H](O[C@@H]7O[C@H](CO)[C@@H](O)[C@H](O)[C@H]7O)[C@@](C)(C(=O)O)[C@@H]6CC[C@@]5(C)[C@]3(CO)CC4)O[C@@H]2C)cc1. The van der Waals surface area contributed by atoms with Crippen LogP contribution in [0.3, 0.4) is 0 Å². The Morgan fingerprint density at radius 1 is 0.527 bits per heavy atom. The van der Waals surface area contributed by atoms with E-state index in [1.165, 1.54) is 40.9 Å². The first-order valence-electron chi connectivity index (χ1n) is 38.0. The largest absolute Gasteiger partial charge is 0.497 e. The Balaban J connectivity index is 0.857. The molecule has 0 unspecified atom stereocenters. The third-order valence-corrected chi connectivity index (χ3v) is 26.9. The molecule has 6 heterocycles. The Hall–Kier alpha value is -4.21. The average Bonchev–Trinajstić information content (AvgIpc) is 0.668. The number of carbonyl (C=O) groups excluding carboxylic acids is 2. The van der Waals surface area contributed by atoms with Crippen LogP contribution in [0.5, 0.6) is 5.75 Å². The number of ether oxygens (including phenoxy) is 14. The molecule has 10 fully saturated rings. The molecule has 4 saturated carbocycles. The molecule has 622 valence electrons. The predicted octanol–water partition coefficient (Wildman–Crippen LogP) is -3.38. The summed E-state index contributed by atoms with van der Waals surface area (Å²) in [7, 11) is 1.48. The summed E-state index contributed by atoms with van der Waals surface area (Å²) in [6, 6.07) is 6.64. The number of carboxylic acid groups (broad SMARTS) is 1. The fourth-order valence-corrected chi connectivity index (χ4v) is 20.4. The lowest BCUT2D eigenvalue weighted by molar-refractivity contribution is -0.392. The van der Waals surface area contributed by atoms with Crippen LogP contribution in [-0.2, 0) is 76.0 Å². The minimum atomic E-state index is -2.18. The van der Waals surface area contributed by atoms with Gasteiger partial charge in [-0.05, 0) is 143 Å². The highest BCUT2D eigenvalue weighted by Gasteiger charge is 2.74. The van der Waals surface area contributed by atoms with Crippen molar-refractivity contribution in [3.05, 3.63) is 47.6 Å². The number of aliphatic carboxylic acids is 1. The maximum atomic E-state index is 16.4. The Morgan fingerprint density at radius 3 is 1.66 bits per heavy atom. The molecule has 39 atom stereocenters. The van der Waals surface area contributed by atoms with E-state index in [9.17, 15) is 102 Å². The molecular formula is C75H112O35. The van der Waals surface area contributed by atoms with E-state index in [2.05, 4.69) is 20.8 Å². The second-order valence-electron chi connectivity index (χ2n) is 33.7. The van der Waals surface area contributed by atoms with Gasteiger partial charge in [-0.1, -0.05) is 51.5 Å². The van der Waals surface area contributed by atoms with Gasteiger partial charge in [-0.3, -0.25) is 9.59 Å². The van der Waals surface area contributed by atoms with Crippen LogP contribution in [0, 0.1) is 50.2 Å². The monoisotopic (exact) mass is 1570 g/mol. The summed E-state index contributed by atoms with van der Waals surface area (Å²) < 4.78 is 85.3. The van der Waals surface area contributed by atoms with E-state index < -0.39 is 285 Å². The van der Waals surface area contributed by atoms with Crippen LogP contribution in [-0.4, -0.2) is 334 Å². The highest BCUT2D eigenvalue weighted by atomic mass is 16.8. The summed E-state index contributed by atoms with van der Waals surface area (Å²) in [6.07, 6.45) is -47.6. The van der Waals surface area contributed by atoms with Gasteiger partial charge < -0.3 is 158 Å². The summed E-state index contributed by atoms with van der Waals surface area (Å²) in [5.41, 5.74) is -5.40. The third kappa shape index (κ3) is 15.0. The zero-order valence-corrected chi connectivity index (χ0v) is 62.9. The van der Waals surface area contributed by atoms with E-state index >= 15 is 4.79 Å². The first kappa shape index (κ1) is 85.2. The Bertz CT molecular complexity index is 3420. The summed E-state index contributed by atoms with van der Waals surface area (Å²) in [4.78, 5) is 44.7. The molecule has 35 nitrogen and oxygen atoms in total. The van der Waals surface area contributed by atoms with Gasteiger partial charge in [0.2, 0.25) is 6.29 Å². The Morgan fingerprint density at radius 2 is 1.06 bits per heavy atom. The standard InChI is InChI=1S/C75H112O35/c1-30-44(81)48(85)53(90)63(99-30)107-59-58(105-43(80)17-12-33-10-13-34(97-9)14-11-33)32(3)101-67(60(59)108-64-56(93)51(88)57(31(2)100-64)106-62-52(89)47(84)40(28-98-62)104-65-54(91)49(86)45(82)38(26-76)102-65)110-69(96)74-21-20-70(4,5)24-36(74)35-15-16-41-71(6)25-37(79)61(109-66-55(92)50(87)46(83)39(27-77)103-66)73(8,68(94)95)42(71)18-19-72(41,7)75(35,29-78)23-22-74/h10-15,17,30-32,36-42,44-67,76-79,81-93H,16,18-29H2,1-9H3,(H,94,95)/b17-12+/t30-,31-,32+,36-,37-,38+,39+,40+,41+,42+,44-,45-,46+,47-,48+,49-,50-,51-,52+,53+,54+,55+,56+,57-,58-,59-,60+,61-,62-,63-,64-,65-,66-,67-,71+,72+,73-,74-,75-/m0/s1. The number of hydrogen-bond donors (Lipinski definition) is 18.